The Bertz CT molecular complexity index is 605. The Morgan fingerprint density at radius 3 is 2.83 bits per heavy atom. The van der Waals surface area contributed by atoms with Crippen LogP contribution >= 0.6 is 0 Å². The number of halogens is 1. The van der Waals surface area contributed by atoms with E-state index < -0.39 is 0 Å². The zero-order valence-electron chi connectivity index (χ0n) is 10.1. The number of aliphatic hydroxyl groups excluding tert-OH is 1. The van der Waals surface area contributed by atoms with Crippen LogP contribution in [0.3, 0.4) is 0 Å². The maximum absolute atomic E-state index is 13.2. The van der Waals surface area contributed by atoms with Crippen molar-refractivity contribution in [2.45, 2.75) is 26.5 Å². The first-order chi connectivity index (χ1) is 8.54. The predicted octanol–water partition coefficient (Wildman–Crippen LogP) is 1.46. The van der Waals surface area contributed by atoms with Crippen molar-refractivity contribution in [3.8, 4) is 0 Å². The number of hydrogen-bond donors (Lipinski definition) is 2. The molecule has 1 heterocycles. The highest BCUT2D eigenvalue weighted by molar-refractivity contribution is 5.85. The van der Waals surface area contributed by atoms with Gasteiger partial charge >= 0.3 is 0 Å². The topological polar surface area (TPSA) is 68.2 Å². The molecule has 0 spiro atoms. The second-order valence-corrected chi connectivity index (χ2v) is 4.25. The number of aryl methyl sites for hydroxylation is 1. The molecular formula is C13H15FN2O2. The highest BCUT2D eigenvalue weighted by atomic mass is 19.1. The van der Waals surface area contributed by atoms with Crippen LogP contribution in [-0.2, 0) is 17.9 Å². The Labute approximate surface area is 104 Å². The molecule has 4 nitrogen and oxygen atoms in total. The minimum atomic E-state index is -0.385. The van der Waals surface area contributed by atoms with E-state index in [1.165, 1.54) is 12.1 Å². The number of rotatable bonds is 4. The minimum Gasteiger partial charge on any atom is -0.392 e. The minimum absolute atomic E-state index is 0.157. The molecule has 0 aliphatic heterocycles. The largest absolute Gasteiger partial charge is 0.392 e. The molecular weight excluding hydrogens is 235 g/mol. The standard InChI is InChI=1S/C13H15FN2O2/c1-8-11(7-17)10-6-9(14)2-3-12(10)16(8)5-4-13(15)18/h2-3,6,17H,4-5,7H2,1H3,(H2,15,18). The molecule has 2 rings (SSSR count). The lowest BCUT2D eigenvalue weighted by molar-refractivity contribution is -0.118. The van der Waals surface area contributed by atoms with E-state index in [9.17, 15) is 14.3 Å². The number of fused-ring (bicyclic) bond motifs is 1. The molecule has 2 aromatic rings. The predicted molar refractivity (Wildman–Crippen MR) is 66.4 cm³/mol. The van der Waals surface area contributed by atoms with E-state index >= 15 is 0 Å². The SMILES string of the molecule is Cc1c(CO)c2cc(F)ccc2n1CCC(N)=O. The molecule has 1 amide bonds. The van der Waals surface area contributed by atoms with Gasteiger partial charge in [0, 0.05) is 35.1 Å². The summed E-state index contributed by atoms with van der Waals surface area (Å²) >= 11 is 0. The van der Waals surface area contributed by atoms with E-state index in [2.05, 4.69) is 0 Å². The fourth-order valence-corrected chi connectivity index (χ4v) is 2.23. The summed E-state index contributed by atoms with van der Waals surface area (Å²) in [6.45, 7) is 2.11. The second kappa shape index (κ2) is 4.78. The van der Waals surface area contributed by atoms with Crippen LogP contribution in [0.25, 0.3) is 10.9 Å². The van der Waals surface area contributed by atoms with E-state index in [0.717, 1.165) is 11.2 Å². The third-order valence-corrected chi connectivity index (χ3v) is 3.16. The molecule has 0 radical (unpaired) electrons. The molecule has 0 aliphatic carbocycles. The van der Waals surface area contributed by atoms with Crippen LogP contribution in [0.4, 0.5) is 4.39 Å². The molecule has 1 aromatic carbocycles. The summed E-state index contributed by atoms with van der Waals surface area (Å²) < 4.78 is 15.1. The second-order valence-electron chi connectivity index (χ2n) is 4.25. The Morgan fingerprint density at radius 1 is 1.50 bits per heavy atom. The molecule has 0 aliphatic rings. The van der Waals surface area contributed by atoms with Gasteiger partial charge in [-0.05, 0) is 25.1 Å². The number of carbonyl (C=O) groups excluding carboxylic acids is 1. The molecule has 0 saturated heterocycles. The summed E-state index contributed by atoms with van der Waals surface area (Å²) in [6, 6.07) is 4.41. The van der Waals surface area contributed by atoms with Crippen LogP contribution in [0.15, 0.2) is 18.2 Å². The van der Waals surface area contributed by atoms with Gasteiger partial charge in [-0.3, -0.25) is 4.79 Å². The number of aromatic nitrogens is 1. The Morgan fingerprint density at radius 2 is 2.22 bits per heavy atom. The van der Waals surface area contributed by atoms with Crippen LogP contribution in [0, 0.1) is 12.7 Å². The molecule has 0 atom stereocenters. The summed E-state index contributed by atoms with van der Waals surface area (Å²) in [7, 11) is 0. The number of carbonyl (C=O) groups is 1. The van der Waals surface area contributed by atoms with Crippen molar-refractivity contribution < 1.29 is 14.3 Å². The van der Waals surface area contributed by atoms with E-state index in [0.29, 0.717) is 17.5 Å². The average Bonchev–Trinajstić information content (AvgIpc) is 2.57. The third-order valence-electron chi connectivity index (χ3n) is 3.16. The van der Waals surface area contributed by atoms with Crippen molar-refractivity contribution in [3.05, 3.63) is 35.3 Å². The van der Waals surface area contributed by atoms with E-state index in [4.69, 9.17) is 5.73 Å². The van der Waals surface area contributed by atoms with Gasteiger partial charge in [-0.2, -0.15) is 0 Å². The van der Waals surface area contributed by atoms with Gasteiger partial charge in [-0.1, -0.05) is 0 Å². The first-order valence-electron chi connectivity index (χ1n) is 5.71. The first-order valence-corrected chi connectivity index (χ1v) is 5.71. The van der Waals surface area contributed by atoms with E-state index in [-0.39, 0.29) is 24.8 Å². The molecule has 0 unspecified atom stereocenters. The van der Waals surface area contributed by atoms with E-state index in [1.807, 2.05) is 11.5 Å². The van der Waals surface area contributed by atoms with Gasteiger partial charge in [-0.15, -0.1) is 0 Å². The van der Waals surface area contributed by atoms with Crippen LogP contribution < -0.4 is 5.73 Å². The van der Waals surface area contributed by atoms with Crippen molar-refractivity contribution >= 4 is 16.8 Å². The number of benzene rings is 1. The van der Waals surface area contributed by atoms with Crippen molar-refractivity contribution in [2.24, 2.45) is 5.73 Å². The molecule has 5 heteroatoms. The summed E-state index contributed by atoms with van der Waals surface area (Å²) in [4.78, 5) is 10.8. The monoisotopic (exact) mass is 250 g/mol. The van der Waals surface area contributed by atoms with Gasteiger partial charge in [0.05, 0.1) is 6.61 Å². The summed E-state index contributed by atoms with van der Waals surface area (Å²) in [5.41, 5.74) is 7.46. The maximum atomic E-state index is 13.2. The van der Waals surface area contributed by atoms with Crippen molar-refractivity contribution in [2.75, 3.05) is 0 Å². The van der Waals surface area contributed by atoms with Crippen molar-refractivity contribution in [3.63, 3.8) is 0 Å². The highest BCUT2D eigenvalue weighted by Gasteiger charge is 2.14. The van der Waals surface area contributed by atoms with Gasteiger partial charge in [0.2, 0.25) is 5.91 Å². The van der Waals surface area contributed by atoms with Gasteiger partial charge in [0.15, 0.2) is 0 Å². The molecule has 18 heavy (non-hydrogen) atoms. The van der Waals surface area contributed by atoms with Gasteiger partial charge in [-0.25, -0.2) is 4.39 Å². The van der Waals surface area contributed by atoms with Crippen LogP contribution in [0.2, 0.25) is 0 Å². The molecule has 1 aromatic heterocycles. The van der Waals surface area contributed by atoms with Gasteiger partial charge < -0.3 is 15.4 Å². The molecule has 0 fully saturated rings. The highest BCUT2D eigenvalue weighted by Crippen LogP contribution is 2.27. The zero-order valence-corrected chi connectivity index (χ0v) is 10.1. The molecule has 0 bridgehead atoms. The van der Waals surface area contributed by atoms with E-state index in [1.54, 1.807) is 6.07 Å². The summed E-state index contributed by atoms with van der Waals surface area (Å²) in [5, 5.41) is 10.1. The lowest BCUT2D eigenvalue weighted by Gasteiger charge is -2.06. The number of amides is 1. The number of nitrogens with two attached hydrogens (primary N) is 1. The number of nitrogens with zero attached hydrogens (tertiary/aromatic N) is 1. The fraction of sp³-hybridized carbons (Fsp3) is 0.308. The van der Waals surface area contributed by atoms with Crippen molar-refractivity contribution in [1.29, 1.82) is 0 Å². The quantitative estimate of drug-likeness (QED) is 0.862. The summed E-state index contributed by atoms with van der Waals surface area (Å²) in [5.74, 6) is -0.729. The lowest BCUT2D eigenvalue weighted by Crippen LogP contribution is -2.14. The lowest BCUT2D eigenvalue weighted by atomic mass is 10.1. The molecule has 0 saturated carbocycles. The van der Waals surface area contributed by atoms with Crippen LogP contribution in [-0.4, -0.2) is 15.6 Å². The molecule has 96 valence electrons. The Kier molecular flexibility index (Phi) is 3.34. The number of primary amides is 1. The third kappa shape index (κ3) is 2.09. The normalized spacial score (nSPS) is 11.1. The smallest absolute Gasteiger partial charge is 0.219 e. The maximum Gasteiger partial charge on any atom is 0.219 e. The average molecular weight is 250 g/mol. The first kappa shape index (κ1) is 12.6. The Balaban J connectivity index is 2.58. The summed E-state index contributed by atoms with van der Waals surface area (Å²) in [6.07, 6.45) is 0.215. The van der Waals surface area contributed by atoms with Crippen LogP contribution in [0.1, 0.15) is 17.7 Å². The van der Waals surface area contributed by atoms with Gasteiger partial charge in [0.25, 0.3) is 0 Å². The van der Waals surface area contributed by atoms with Crippen molar-refractivity contribution in [1.82, 2.24) is 4.57 Å². The fourth-order valence-electron chi connectivity index (χ4n) is 2.23. The number of aliphatic hydroxyl groups is 1. The van der Waals surface area contributed by atoms with Crippen LogP contribution in [0.5, 0.6) is 0 Å². The Hall–Kier alpha value is -1.88. The van der Waals surface area contributed by atoms with Gasteiger partial charge in [0.1, 0.15) is 5.82 Å². The number of hydrogen-bond acceptors (Lipinski definition) is 2. The molecule has 3 N–H and O–H groups in total. The zero-order chi connectivity index (χ0) is 13.3.